The van der Waals surface area contributed by atoms with Crippen molar-refractivity contribution in [3.05, 3.63) is 70.3 Å². The van der Waals surface area contributed by atoms with Crippen LogP contribution in [0.2, 0.25) is 5.02 Å². The van der Waals surface area contributed by atoms with Crippen LogP contribution in [0, 0.1) is 0 Å². The molecule has 0 atom stereocenters. The van der Waals surface area contributed by atoms with Crippen LogP contribution < -0.4 is 5.32 Å². The number of nitrogens with zero attached hydrogens (tertiary/aromatic N) is 2. The second-order valence-corrected chi connectivity index (χ2v) is 7.27. The van der Waals surface area contributed by atoms with Crippen LogP contribution in [0.4, 0.5) is 10.5 Å². The number of carbonyl (C=O) groups is 1. The molecule has 0 saturated carbocycles. The minimum absolute atomic E-state index is 0.164. The van der Waals surface area contributed by atoms with Crippen molar-refractivity contribution in [3.63, 3.8) is 0 Å². The number of hydrazine groups is 1. The largest absolute Gasteiger partial charge is 0.380 e. The van der Waals surface area contributed by atoms with Crippen LogP contribution in [-0.4, -0.2) is 28.5 Å². The topological polar surface area (TPSA) is 35.4 Å². The van der Waals surface area contributed by atoms with Crippen LogP contribution in [0.5, 0.6) is 0 Å². The lowest BCUT2D eigenvalue weighted by Gasteiger charge is -2.29. The predicted molar refractivity (Wildman–Crippen MR) is 112 cm³/mol. The van der Waals surface area contributed by atoms with E-state index < -0.39 is 0 Å². The lowest BCUT2D eigenvalue weighted by atomic mass is 10.0. The molecule has 140 valence electrons. The molecule has 1 N–H and O–H groups in total. The Hall–Kier alpha value is -2.59. The molecule has 0 fully saturated rings. The van der Waals surface area contributed by atoms with Crippen molar-refractivity contribution in [1.29, 1.82) is 0 Å². The van der Waals surface area contributed by atoms with E-state index in [9.17, 15) is 4.79 Å². The van der Waals surface area contributed by atoms with E-state index in [1.807, 2.05) is 49.0 Å². The number of fused-ring (bicyclic) bond motifs is 1. The first-order valence-electron chi connectivity index (χ1n) is 9.13. The summed E-state index contributed by atoms with van der Waals surface area (Å²) in [5.74, 6) is 0. The van der Waals surface area contributed by atoms with E-state index in [2.05, 4.69) is 31.3 Å². The Bertz CT molecular complexity index is 932. The molecule has 1 aliphatic rings. The third-order valence-electron chi connectivity index (χ3n) is 4.97. The number of carbonyl (C=O) groups excluding carboxylic acids is 1. The third-order valence-corrected chi connectivity index (χ3v) is 5.21. The first-order chi connectivity index (χ1) is 12.9. The van der Waals surface area contributed by atoms with Gasteiger partial charge in [-0.25, -0.2) is 4.79 Å². The normalized spacial score (nSPS) is 16.5. The van der Waals surface area contributed by atoms with Gasteiger partial charge < -0.3 is 5.32 Å². The molecule has 5 heteroatoms. The quantitative estimate of drug-likeness (QED) is 0.543. The summed E-state index contributed by atoms with van der Waals surface area (Å²) in [7, 11) is 1.93. The van der Waals surface area contributed by atoms with Crippen molar-refractivity contribution in [3.8, 4) is 0 Å². The van der Waals surface area contributed by atoms with Crippen LogP contribution in [0.25, 0.3) is 5.70 Å². The standard InChI is InChI=1S/C22H24ClN3O/c1-5-15(2)21-19-14-18(23)11-12-20(19)24-22(27)26(21)25(4)16(3)13-17-9-7-6-8-10-17/h6-12,14H,5,13H2,1-4H3/p+1. The number of allylic oxidation sites excluding steroid dienone is 1. The highest BCUT2D eigenvalue weighted by atomic mass is 35.5. The van der Waals surface area contributed by atoms with Gasteiger partial charge in [0.1, 0.15) is 5.70 Å². The molecule has 2 aromatic rings. The average Bonchev–Trinajstić information content (AvgIpc) is 2.67. The van der Waals surface area contributed by atoms with Gasteiger partial charge in [-0.2, -0.15) is 0 Å². The summed E-state index contributed by atoms with van der Waals surface area (Å²) in [6.07, 6.45) is 1.61. The molecule has 0 saturated heterocycles. The van der Waals surface area contributed by atoms with Gasteiger partial charge in [0.15, 0.2) is 12.8 Å². The molecule has 1 aliphatic heterocycles. The summed E-state index contributed by atoms with van der Waals surface area (Å²) in [5, 5.41) is 5.35. The molecule has 2 amide bonds. The number of urea groups is 1. The summed E-state index contributed by atoms with van der Waals surface area (Å²) in [4.78, 5) is 13.0. The van der Waals surface area contributed by atoms with Gasteiger partial charge >= 0.3 is 6.03 Å². The molecule has 0 spiro atoms. The highest BCUT2D eigenvalue weighted by Crippen LogP contribution is 2.36. The van der Waals surface area contributed by atoms with Gasteiger partial charge in [-0.15, -0.1) is 4.68 Å². The first kappa shape index (κ1) is 19.2. The Morgan fingerprint density at radius 1 is 1.15 bits per heavy atom. The van der Waals surface area contributed by atoms with Gasteiger partial charge in [0, 0.05) is 17.5 Å². The van der Waals surface area contributed by atoms with E-state index in [4.69, 9.17) is 11.6 Å². The minimum Gasteiger partial charge on any atom is -0.303 e. The number of anilines is 1. The van der Waals surface area contributed by atoms with Crippen LogP contribution in [0.15, 0.2) is 54.1 Å². The van der Waals surface area contributed by atoms with Crippen molar-refractivity contribution >= 4 is 34.7 Å². The SMILES string of the molecule is CCC(C)=C1c2cc(Cl)ccc2NC(=O)N1[N+](C)=C(C)Cc1ccccc1. The Morgan fingerprint density at radius 3 is 2.52 bits per heavy atom. The number of benzene rings is 2. The van der Waals surface area contributed by atoms with Gasteiger partial charge in [0.05, 0.1) is 12.1 Å². The van der Waals surface area contributed by atoms with Crippen LogP contribution >= 0.6 is 11.6 Å². The fourth-order valence-corrected chi connectivity index (χ4v) is 3.42. The number of amides is 2. The summed E-state index contributed by atoms with van der Waals surface area (Å²) < 4.78 is 1.93. The smallest absolute Gasteiger partial charge is 0.303 e. The molecule has 27 heavy (non-hydrogen) atoms. The maximum Gasteiger partial charge on any atom is 0.380 e. The lowest BCUT2D eigenvalue weighted by molar-refractivity contribution is -0.626. The Morgan fingerprint density at radius 2 is 1.85 bits per heavy atom. The van der Waals surface area contributed by atoms with Gasteiger partial charge in [0.25, 0.3) is 0 Å². The van der Waals surface area contributed by atoms with E-state index in [0.29, 0.717) is 5.02 Å². The Labute approximate surface area is 165 Å². The Kier molecular flexibility index (Phi) is 5.66. The van der Waals surface area contributed by atoms with Crippen molar-refractivity contribution in [2.45, 2.75) is 33.6 Å². The fraction of sp³-hybridized carbons (Fsp3) is 0.273. The third kappa shape index (κ3) is 3.91. The summed E-state index contributed by atoms with van der Waals surface area (Å²) in [6, 6.07) is 15.7. The van der Waals surface area contributed by atoms with Gasteiger partial charge in [-0.05, 0) is 42.7 Å². The van der Waals surface area contributed by atoms with Crippen molar-refractivity contribution < 1.29 is 9.48 Å². The summed E-state index contributed by atoms with van der Waals surface area (Å²) in [5.41, 5.74) is 6.04. The molecule has 0 radical (unpaired) electrons. The highest BCUT2D eigenvalue weighted by Gasteiger charge is 2.36. The number of hydrogen-bond donors (Lipinski definition) is 1. The maximum atomic E-state index is 13.0. The number of rotatable bonds is 4. The number of hydrazone groups is 1. The average molecular weight is 383 g/mol. The molecule has 4 nitrogen and oxygen atoms in total. The van der Waals surface area contributed by atoms with E-state index in [-0.39, 0.29) is 6.03 Å². The zero-order valence-corrected chi connectivity index (χ0v) is 17.0. The molecule has 3 rings (SSSR count). The van der Waals surface area contributed by atoms with Crippen LogP contribution in [0.1, 0.15) is 38.3 Å². The molecule has 2 aromatic carbocycles. The van der Waals surface area contributed by atoms with Crippen molar-refractivity contribution in [2.75, 3.05) is 12.4 Å². The van der Waals surface area contributed by atoms with E-state index in [1.54, 1.807) is 11.1 Å². The lowest BCUT2D eigenvalue weighted by Crippen LogP contribution is -2.45. The number of halogens is 1. The fourth-order valence-electron chi connectivity index (χ4n) is 3.25. The van der Waals surface area contributed by atoms with E-state index >= 15 is 0 Å². The van der Waals surface area contributed by atoms with Crippen molar-refractivity contribution in [1.82, 2.24) is 5.01 Å². The van der Waals surface area contributed by atoms with E-state index in [0.717, 1.165) is 41.1 Å². The summed E-state index contributed by atoms with van der Waals surface area (Å²) in [6.45, 7) is 6.20. The summed E-state index contributed by atoms with van der Waals surface area (Å²) >= 11 is 6.25. The molecular weight excluding hydrogens is 358 g/mol. The first-order valence-corrected chi connectivity index (χ1v) is 9.51. The zero-order chi connectivity index (χ0) is 19.6. The van der Waals surface area contributed by atoms with Gasteiger partial charge in [-0.1, -0.05) is 53.9 Å². The van der Waals surface area contributed by atoms with E-state index in [1.165, 1.54) is 5.56 Å². The Balaban J connectivity index is 2.09. The van der Waals surface area contributed by atoms with Crippen LogP contribution in [-0.2, 0) is 6.42 Å². The van der Waals surface area contributed by atoms with Crippen LogP contribution in [0.3, 0.4) is 0 Å². The molecule has 0 aliphatic carbocycles. The minimum atomic E-state index is -0.164. The van der Waals surface area contributed by atoms with Crippen molar-refractivity contribution in [2.24, 2.45) is 0 Å². The number of hydrogen-bond acceptors (Lipinski definition) is 1. The second-order valence-electron chi connectivity index (χ2n) is 6.84. The predicted octanol–water partition coefficient (Wildman–Crippen LogP) is 5.59. The molecule has 0 aromatic heterocycles. The monoisotopic (exact) mass is 382 g/mol. The molecule has 1 heterocycles. The molecule has 0 bridgehead atoms. The molecule has 0 unspecified atom stereocenters. The molecular formula is C22H25ClN3O+. The highest BCUT2D eigenvalue weighted by molar-refractivity contribution is 6.31. The zero-order valence-electron chi connectivity index (χ0n) is 16.2. The number of nitrogens with one attached hydrogen (secondary N) is 1. The maximum absolute atomic E-state index is 13.0. The van der Waals surface area contributed by atoms with Gasteiger partial charge in [0.2, 0.25) is 0 Å². The second kappa shape index (κ2) is 7.97. The van der Waals surface area contributed by atoms with Gasteiger partial charge in [-0.3, -0.25) is 0 Å².